The van der Waals surface area contributed by atoms with E-state index in [1.54, 1.807) is 0 Å². The predicted molar refractivity (Wildman–Crippen MR) is 109 cm³/mol. The fraction of sp³-hybridized carbons (Fsp3) is 0.417. The molecule has 3 nitrogen and oxygen atoms in total. The van der Waals surface area contributed by atoms with Gasteiger partial charge < -0.3 is 4.74 Å². The molecule has 1 unspecified atom stereocenters. The zero-order valence-corrected chi connectivity index (χ0v) is 17.2. The van der Waals surface area contributed by atoms with Crippen molar-refractivity contribution in [3.05, 3.63) is 70.3 Å². The molecule has 0 aliphatic heterocycles. The Balaban J connectivity index is 2.61. The third-order valence-corrected chi connectivity index (χ3v) is 4.62. The summed E-state index contributed by atoms with van der Waals surface area (Å²) in [6.07, 6.45) is 1.08. The van der Waals surface area contributed by atoms with E-state index in [4.69, 9.17) is 4.74 Å². The van der Waals surface area contributed by atoms with E-state index in [2.05, 4.69) is 26.0 Å². The fourth-order valence-electron chi connectivity index (χ4n) is 3.55. The van der Waals surface area contributed by atoms with Gasteiger partial charge in [0, 0.05) is 11.5 Å². The lowest BCUT2D eigenvalue weighted by molar-refractivity contribution is -0.155. The van der Waals surface area contributed by atoms with Gasteiger partial charge in [-0.1, -0.05) is 56.3 Å². The quantitative estimate of drug-likeness (QED) is 0.480. The van der Waals surface area contributed by atoms with Crippen molar-refractivity contribution < 1.29 is 14.3 Å². The molecule has 0 heterocycles. The minimum absolute atomic E-state index is 0.201. The summed E-state index contributed by atoms with van der Waals surface area (Å²) >= 11 is 0. The first-order valence-electron chi connectivity index (χ1n) is 9.49. The minimum Gasteiger partial charge on any atom is -0.460 e. The molecule has 0 amide bonds. The molecule has 0 aliphatic carbocycles. The highest BCUT2D eigenvalue weighted by atomic mass is 16.6. The van der Waals surface area contributed by atoms with E-state index in [9.17, 15) is 9.59 Å². The van der Waals surface area contributed by atoms with E-state index in [0.29, 0.717) is 11.5 Å². The zero-order valence-electron chi connectivity index (χ0n) is 17.2. The molecule has 2 aromatic rings. The van der Waals surface area contributed by atoms with Gasteiger partial charge in [0.2, 0.25) is 0 Å². The van der Waals surface area contributed by atoms with Crippen molar-refractivity contribution in [3.63, 3.8) is 0 Å². The highest BCUT2D eigenvalue weighted by molar-refractivity contribution is 5.80. The van der Waals surface area contributed by atoms with Crippen LogP contribution in [0.1, 0.15) is 85.5 Å². The Hall–Kier alpha value is -2.42. The Morgan fingerprint density at radius 1 is 1.04 bits per heavy atom. The Morgan fingerprint density at radius 2 is 1.67 bits per heavy atom. The van der Waals surface area contributed by atoms with Crippen molar-refractivity contribution >= 4 is 12.3 Å². The normalized spacial score (nSPS) is 12.7. The first-order chi connectivity index (χ1) is 12.6. The molecule has 0 aliphatic rings. The van der Waals surface area contributed by atoms with Gasteiger partial charge >= 0.3 is 5.97 Å². The molecule has 0 saturated carbocycles. The summed E-state index contributed by atoms with van der Waals surface area (Å²) in [7, 11) is 0. The molecule has 2 aromatic carbocycles. The average molecular weight is 367 g/mol. The van der Waals surface area contributed by atoms with Crippen LogP contribution in [0.25, 0.3) is 0 Å². The highest BCUT2D eigenvalue weighted by Gasteiger charge is 2.27. The smallest absolute Gasteiger partial charge is 0.307 e. The third-order valence-electron chi connectivity index (χ3n) is 4.62. The second-order valence-corrected chi connectivity index (χ2v) is 8.32. The summed E-state index contributed by atoms with van der Waals surface area (Å²) in [5, 5.41) is 0. The lowest BCUT2D eigenvalue weighted by Crippen LogP contribution is -2.25. The van der Waals surface area contributed by atoms with Crippen LogP contribution in [0, 0.1) is 6.92 Å². The molecule has 27 heavy (non-hydrogen) atoms. The lowest BCUT2D eigenvalue weighted by Gasteiger charge is -2.27. The Bertz CT molecular complexity index is 813. The molecule has 144 valence electrons. The van der Waals surface area contributed by atoms with Gasteiger partial charge in [0.05, 0.1) is 6.42 Å². The molecule has 0 bridgehead atoms. The summed E-state index contributed by atoms with van der Waals surface area (Å²) in [5.74, 6) is -0.169. The molecular formula is C24H30O3. The molecule has 0 aromatic heterocycles. The number of aldehydes is 1. The van der Waals surface area contributed by atoms with Gasteiger partial charge in [0.1, 0.15) is 11.9 Å². The average Bonchev–Trinajstić information content (AvgIpc) is 2.58. The van der Waals surface area contributed by atoms with E-state index in [1.165, 1.54) is 5.56 Å². The standard InChI is InChI=1S/C24H30O3/c1-16(2)19-12-7-8-13-20(19)21(14-22(26)27-24(4,5)6)23-17(3)10-9-11-18(23)15-25/h7-13,15-16,21H,14H2,1-6H3. The number of hydrogen-bond donors (Lipinski definition) is 0. The van der Waals surface area contributed by atoms with Gasteiger partial charge in [-0.25, -0.2) is 0 Å². The van der Waals surface area contributed by atoms with Crippen molar-refractivity contribution in [2.75, 3.05) is 0 Å². The van der Waals surface area contributed by atoms with E-state index >= 15 is 0 Å². The minimum atomic E-state index is -0.543. The van der Waals surface area contributed by atoms with E-state index in [-0.39, 0.29) is 18.3 Å². The summed E-state index contributed by atoms with van der Waals surface area (Å²) in [4.78, 5) is 24.4. The number of benzene rings is 2. The third kappa shape index (κ3) is 5.29. The van der Waals surface area contributed by atoms with Gasteiger partial charge in [-0.05, 0) is 55.9 Å². The second-order valence-electron chi connectivity index (χ2n) is 8.32. The van der Waals surface area contributed by atoms with Crippen LogP contribution in [-0.4, -0.2) is 17.9 Å². The van der Waals surface area contributed by atoms with E-state index < -0.39 is 5.60 Å². The second kappa shape index (κ2) is 8.51. The highest BCUT2D eigenvalue weighted by Crippen LogP contribution is 2.37. The summed E-state index contributed by atoms with van der Waals surface area (Å²) < 4.78 is 5.60. The van der Waals surface area contributed by atoms with Crippen molar-refractivity contribution in [1.82, 2.24) is 0 Å². The Labute approximate surface area is 162 Å². The summed E-state index contributed by atoms with van der Waals surface area (Å²) in [6, 6.07) is 13.8. The van der Waals surface area contributed by atoms with Gasteiger partial charge in [0.25, 0.3) is 0 Å². The van der Waals surface area contributed by atoms with E-state index in [0.717, 1.165) is 23.0 Å². The van der Waals surface area contributed by atoms with E-state index in [1.807, 2.05) is 58.0 Å². The molecule has 0 radical (unpaired) electrons. The van der Waals surface area contributed by atoms with Crippen LogP contribution in [0.3, 0.4) is 0 Å². The van der Waals surface area contributed by atoms with Crippen molar-refractivity contribution in [3.8, 4) is 0 Å². The van der Waals surface area contributed by atoms with Crippen molar-refractivity contribution in [2.24, 2.45) is 0 Å². The maximum Gasteiger partial charge on any atom is 0.307 e. The van der Waals surface area contributed by atoms with Crippen LogP contribution in [0.4, 0.5) is 0 Å². The predicted octanol–water partition coefficient (Wildman–Crippen LogP) is 5.79. The number of hydrogen-bond acceptors (Lipinski definition) is 3. The Kier molecular flexibility index (Phi) is 6.59. The van der Waals surface area contributed by atoms with Crippen molar-refractivity contribution in [2.45, 2.75) is 65.4 Å². The summed E-state index contributed by atoms with van der Waals surface area (Å²) in [6.45, 7) is 11.9. The molecule has 1 atom stereocenters. The lowest BCUT2D eigenvalue weighted by atomic mass is 9.79. The van der Waals surface area contributed by atoms with Gasteiger partial charge in [-0.3, -0.25) is 9.59 Å². The summed E-state index contributed by atoms with van der Waals surface area (Å²) in [5.41, 5.74) is 4.26. The molecule has 0 saturated heterocycles. The van der Waals surface area contributed by atoms with Crippen LogP contribution < -0.4 is 0 Å². The van der Waals surface area contributed by atoms with Gasteiger partial charge in [-0.2, -0.15) is 0 Å². The van der Waals surface area contributed by atoms with Crippen LogP contribution in [0.15, 0.2) is 42.5 Å². The molecule has 3 heteroatoms. The van der Waals surface area contributed by atoms with Crippen LogP contribution in [0.2, 0.25) is 0 Å². The number of aryl methyl sites for hydroxylation is 1. The maximum atomic E-state index is 12.7. The number of esters is 1. The first-order valence-corrected chi connectivity index (χ1v) is 9.49. The number of ether oxygens (including phenoxy) is 1. The zero-order chi connectivity index (χ0) is 20.2. The van der Waals surface area contributed by atoms with Crippen molar-refractivity contribution in [1.29, 1.82) is 0 Å². The van der Waals surface area contributed by atoms with Gasteiger partial charge in [-0.15, -0.1) is 0 Å². The van der Waals surface area contributed by atoms with Gasteiger partial charge in [0.15, 0.2) is 0 Å². The Morgan fingerprint density at radius 3 is 2.22 bits per heavy atom. The maximum absolute atomic E-state index is 12.7. The molecular weight excluding hydrogens is 336 g/mol. The number of carbonyl (C=O) groups is 2. The number of rotatable bonds is 6. The molecule has 0 fully saturated rings. The van der Waals surface area contributed by atoms with Crippen LogP contribution >= 0.6 is 0 Å². The first kappa shape index (κ1) is 20.9. The number of carbonyl (C=O) groups excluding carboxylic acids is 2. The fourth-order valence-corrected chi connectivity index (χ4v) is 3.55. The topological polar surface area (TPSA) is 43.4 Å². The monoisotopic (exact) mass is 366 g/mol. The molecule has 0 spiro atoms. The largest absolute Gasteiger partial charge is 0.460 e. The van der Waals surface area contributed by atoms with Crippen LogP contribution in [0.5, 0.6) is 0 Å². The molecule has 2 rings (SSSR count). The SMILES string of the molecule is Cc1cccc(C=O)c1C(CC(=O)OC(C)(C)C)c1ccccc1C(C)C. The molecule has 0 N–H and O–H groups in total. The van der Waals surface area contributed by atoms with Crippen LogP contribution in [-0.2, 0) is 9.53 Å².